The number of benzene rings is 2. The maximum Gasteiger partial charge on any atom is 0.264 e. The van der Waals surface area contributed by atoms with Gasteiger partial charge in [-0.1, -0.05) is 6.07 Å². The van der Waals surface area contributed by atoms with E-state index in [1.807, 2.05) is 0 Å². The van der Waals surface area contributed by atoms with E-state index in [0.717, 1.165) is 5.56 Å². The second-order valence-electron chi connectivity index (χ2n) is 7.02. The quantitative estimate of drug-likeness (QED) is 0.534. The predicted octanol–water partition coefficient (Wildman–Crippen LogP) is 3.09. The molecule has 2 aromatic carbocycles. The number of hydrogen-bond donors (Lipinski definition) is 2. The van der Waals surface area contributed by atoms with E-state index in [9.17, 15) is 13.2 Å². The molecular weight excluding hydrogens is 432 g/mol. The fraction of sp³-hybridized carbons (Fsp3) is 0.227. The number of rotatable bonds is 8. The van der Waals surface area contributed by atoms with Crippen LogP contribution < -0.4 is 19.5 Å². The fourth-order valence-corrected chi connectivity index (χ4v) is 3.99. The number of aromatic nitrogens is 2. The molecule has 3 aromatic rings. The third-order valence-corrected chi connectivity index (χ3v) is 5.81. The monoisotopic (exact) mass is 456 g/mol. The van der Waals surface area contributed by atoms with Gasteiger partial charge in [0, 0.05) is 17.1 Å². The average Bonchev–Trinajstić information content (AvgIpc) is 2.72. The standard InChI is InChI=1S/C22H24N4O5S/c1-14-11-15(2)24-22(23-14)26-32(28,29)18-8-6-17(7-9-18)25-21(27)13-16-5-10-19(30-3)20(12-16)31-4/h5-12H,13H2,1-4H3,(H,25,27)(H,23,24,26). The van der Waals surface area contributed by atoms with Crippen LogP contribution in [0.3, 0.4) is 0 Å². The minimum atomic E-state index is -3.87. The maximum atomic E-state index is 12.6. The summed E-state index contributed by atoms with van der Waals surface area (Å²) < 4.78 is 38.0. The molecular formula is C22H24N4O5S. The number of anilines is 2. The smallest absolute Gasteiger partial charge is 0.264 e. The summed E-state index contributed by atoms with van der Waals surface area (Å²) in [6.45, 7) is 3.51. The highest BCUT2D eigenvalue weighted by Gasteiger charge is 2.16. The Bertz CT molecular complexity index is 1210. The van der Waals surface area contributed by atoms with Crippen LogP contribution in [0.4, 0.5) is 11.6 Å². The Hall–Kier alpha value is -3.66. The highest BCUT2D eigenvalue weighted by molar-refractivity contribution is 7.92. The Morgan fingerprint density at radius 2 is 1.53 bits per heavy atom. The van der Waals surface area contributed by atoms with Gasteiger partial charge in [0.1, 0.15) is 0 Å². The lowest BCUT2D eigenvalue weighted by Gasteiger charge is -2.11. The van der Waals surface area contributed by atoms with Crippen molar-refractivity contribution in [3.05, 3.63) is 65.5 Å². The van der Waals surface area contributed by atoms with Crippen LogP contribution >= 0.6 is 0 Å². The summed E-state index contributed by atoms with van der Waals surface area (Å²) in [6.07, 6.45) is 0.117. The van der Waals surface area contributed by atoms with E-state index in [1.54, 1.807) is 45.2 Å². The molecule has 1 amide bonds. The van der Waals surface area contributed by atoms with Crippen LogP contribution in [-0.2, 0) is 21.2 Å². The normalized spacial score (nSPS) is 11.0. The number of sulfonamides is 1. The van der Waals surface area contributed by atoms with Crippen molar-refractivity contribution in [1.82, 2.24) is 9.97 Å². The zero-order valence-corrected chi connectivity index (χ0v) is 19.0. The van der Waals surface area contributed by atoms with Crippen LogP contribution in [0.2, 0.25) is 0 Å². The molecule has 0 spiro atoms. The molecule has 1 aromatic heterocycles. The zero-order chi connectivity index (χ0) is 23.3. The highest BCUT2D eigenvalue weighted by Crippen LogP contribution is 2.27. The van der Waals surface area contributed by atoms with Crippen molar-refractivity contribution in [2.75, 3.05) is 24.3 Å². The number of amides is 1. The summed E-state index contributed by atoms with van der Waals surface area (Å²) in [7, 11) is -0.802. The van der Waals surface area contributed by atoms with Gasteiger partial charge in [0.25, 0.3) is 10.0 Å². The summed E-state index contributed by atoms with van der Waals surface area (Å²) in [5, 5.41) is 2.75. The Labute approximate surface area is 186 Å². The van der Waals surface area contributed by atoms with Crippen molar-refractivity contribution in [2.45, 2.75) is 25.2 Å². The third-order valence-electron chi connectivity index (χ3n) is 4.47. The molecule has 168 valence electrons. The predicted molar refractivity (Wildman–Crippen MR) is 121 cm³/mol. The van der Waals surface area contributed by atoms with E-state index in [-0.39, 0.29) is 23.2 Å². The molecule has 0 saturated heterocycles. The van der Waals surface area contributed by atoms with Gasteiger partial charge in [0.2, 0.25) is 11.9 Å². The van der Waals surface area contributed by atoms with Crippen molar-refractivity contribution >= 4 is 27.6 Å². The molecule has 32 heavy (non-hydrogen) atoms. The molecule has 1 heterocycles. The van der Waals surface area contributed by atoms with Crippen molar-refractivity contribution in [2.24, 2.45) is 0 Å². The first-order valence-corrected chi connectivity index (χ1v) is 11.1. The second kappa shape index (κ2) is 9.65. The number of ether oxygens (including phenoxy) is 2. The summed E-state index contributed by atoms with van der Waals surface area (Å²) in [5.74, 6) is 0.866. The van der Waals surface area contributed by atoms with Gasteiger partial charge >= 0.3 is 0 Å². The lowest BCUT2D eigenvalue weighted by Crippen LogP contribution is -2.16. The number of methoxy groups -OCH3 is 2. The van der Waals surface area contributed by atoms with E-state index < -0.39 is 10.0 Å². The van der Waals surface area contributed by atoms with Gasteiger partial charge in [-0.25, -0.2) is 23.1 Å². The third kappa shape index (κ3) is 5.73. The topological polar surface area (TPSA) is 120 Å². The summed E-state index contributed by atoms with van der Waals surface area (Å²) in [4.78, 5) is 20.6. The molecule has 0 aliphatic heterocycles. The van der Waals surface area contributed by atoms with Gasteiger partial charge in [-0.2, -0.15) is 0 Å². The van der Waals surface area contributed by atoms with Gasteiger partial charge in [-0.05, 0) is 61.9 Å². The van der Waals surface area contributed by atoms with Gasteiger partial charge < -0.3 is 14.8 Å². The van der Waals surface area contributed by atoms with Crippen LogP contribution in [0, 0.1) is 13.8 Å². The van der Waals surface area contributed by atoms with Crippen LogP contribution in [0.1, 0.15) is 17.0 Å². The fourth-order valence-electron chi connectivity index (χ4n) is 3.05. The van der Waals surface area contributed by atoms with Gasteiger partial charge in [-0.3, -0.25) is 4.79 Å². The first-order chi connectivity index (χ1) is 15.2. The summed E-state index contributed by atoms with van der Waals surface area (Å²) in [5.41, 5.74) is 2.53. The number of carbonyl (C=O) groups is 1. The maximum absolute atomic E-state index is 12.6. The van der Waals surface area contributed by atoms with E-state index in [1.165, 1.54) is 31.4 Å². The zero-order valence-electron chi connectivity index (χ0n) is 18.2. The Morgan fingerprint density at radius 3 is 2.12 bits per heavy atom. The molecule has 0 aliphatic carbocycles. The molecule has 0 atom stereocenters. The van der Waals surface area contributed by atoms with Crippen LogP contribution in [0.15, 0.2) is 53.4 Å². The SMILES string of the molecule is COc1ccc(CC(=O)Nc2ccc(S(=O)(=O)Nc3nc(C)cc(C)n3)cc2)cc1OC. The van der Waals surface area contributed by atoms with E-state index in [2.05, 4.69) is 20.0 Å². The number of nitrogens with one attached hydrogen (secondary N) is 2. The average molecular weight is 457 g/mol. The number of aryl methyl sites for hydroxylation is 2. The minimum absolute atomic E-state index is 0.00907. The Balaban J connectivity index is 1.66. The van der Waals surface area contributed by atoms with Crippen LogP contribution in [-0.4, -0.2) is 38.5 Å². The largest absolute Gasteiger partial charge is 0.493 e. The van der Waals surface area contributed by atoms with Crippen molar-refractivity contribution < 1.29 is 22.7 Å². The van der Waals surface area contributed by atoms with Crippen molar-refractivity contribution in [1.29, 1.82) is 0 Å². The van der Waals surface area contributed by atoms with Gasteiger partial charge in [0.15, 0.2) is 11.5 Å². The van der Waals surface area contributed by atoms with Crippen LogP contribution in [0.5, 0.6) is 11.5 Å². The summed E-state index contributed by atoms with van der Waals surface area (Å²) in [6, 6.07) is 12.8. The molecule has 2 N–H and O–H groups in total. The minimum Gasteiger partial charge on any atom is -0.493 e. The summed E-state index contributed by atoms with van der Waals surface area (Å²) >= 11 is 0. The molecule has 3 rings (SSSR count). The second-order valence-corrected chi connectivity index (χ2v) is 8.70. The molecule has 0 unspecified atom stereocenters. The van der Waals surface area contributed by atoms with Crippen LogP contribution in [0.25, 0.3) is 0 Å². The lowest BCUT2D eigenvalue weighted by atomic mass is 10.1. The van der Waals surface area contributed by atoms with Gasteiger partial charge in [-0.15, -0.1) is 0 Å². The van der Waals surface area contributed by atoms with Crippen molar-refractivity contribution in [3.8, 4) is 11.5 Å². The molecule has 9 nitrogen and oxygen atoms in total. The Kier molecular flexibility index (Phi) is 6.94. The molecule has 10 heteroatoms. The van der Waals surface area contributed by atoms with E-state index >= 15 is 0 Å². The van der Waals surface area contributed by atoms with E-state index in [0.29, 0.717) is 28.6 Å². The van der Waals surface area contributed by atoms with Crippen molar-refractivity contribution in [3.63, 3.8) is 0 Å². The molecule has 0 saturated carbocycles. The molecule has 0 aliphatic rings. The number of carbonyl (C=O) groups excluding carboxylic acids is 1. The number of nitrogens with zero attached hydrogens (tertiary/aromatic N) is 2. The highest BCUT2D eigenvalue weighted by atomic mass is 32.2. The first-order valence-electron chi connectivity index (χ1n) is 9.66. The first kappa shape index (κ1) is 23.0. The molecule has 0 fully saturated rings. The van der Waals surface area contributed by atoms with E-state index in [4.69, 9.17) is 9.47 Å². The lowest BCUT2D eigenvalue weighted by molar-refractivity contribution is -0.115. The molecule has 0 bridgehead atoms. The molecule has 0 radical (unpaired) electrons. The number of hydrogen-bond acceptors (Lipinski definition) is 7. The Morgan fingerprint density at radius 1 is 0.906 bits per heavy atom. The van der Waals surface area contributed by atoms with Gasteiger partial charge in [0.05, 0.1) is 25.5 Å².